The third-order valence-electron chi connectivity index (χ3n) is 3.65. The van der Waals surface area contributed by atoms with Gasteiger partial charge in [-0.1, -0.05) is 13.8 Å². The molecule has 0 aromatic carbocycles. The van der Waals surface area contributed by atoms with Crippen LogP contribution in [0.15, 0.2) is 0 Å². The molecule has 15 heavy (non-hydrogen) atoms. The van der Waals surface area contributed by atoms with Crippen LogP contribution < -0.4 is 5.32 Å². The predicted molar refractivity (Wildman–Crippen MR) is 65.1 cm³/mol. The zero-order chi connectivity index (χ0) is 11.3. The number of hydrogen-bond donors (Lipinski definition) is 1. The van der Waals surface area contributed by atoms with Crippen LogP contribution in [0.5, 0.6) is 0 Å². The molecular formula is C13H27NO. The molecule has 0 aliphatic heterocycles. The van der Waals surface area contributed by atoms with Crippen molar-refractivity contribution >= 4 is 0 Å². The van der Waals surface area contributed by atoms with Gasteiger partial charge in [-0.05, 0) is 44.4 Å². The lowest BCUT2D eigenvalue weighted by Crippen LogP contribution is -2.41. The molecule has 1 saturated carbocycles. The molecular weight excluding hydrogens is 186 g/mol. The molecule has 1 aliphatic rings. The fraction of sp³-hybridized carbons (Fsp3) is 1.00. The third-order valence-corrected chi connectivity index (χ3v) is 3.65. The number of nitrogens with one attached hydrogen (secondary N) is 1. The zero-order valence-corrected chi connectivity index (χ0v) is 10.8. The Morgan fingerprint density at radius 2 is 1.73 bits per heavy atom. The predicted octanol–water partition coefficient (Wildman–Crippen LogP) is 2.83. The molecule has 0 bridgehead atoms. The van der Waals surface area contributed by atoms with Crippen LogP contribution in [0, 0.1) is 11.8 Å². The van der Waals surface area contributed by atoms with Crippen molar-refractivity contribution in [3.8, 4) is 0 Å². The Bertz CT molecular complexity index is 162. The van der Waals surface area contributed by atoms with Crippen LogP contribution in [0.2, 0.25) is 0 Å². The van der Waals surface area contributed by atoms with Crippen molar-refractivity contribution in [2.45, 2.75) is 58.5 Å². The molecule has 0 aromatic rings. The largest absolute Gasteiger partial charge is 0.383 e. The standard InChI is InChI=1S/C13H27NO/c1-10(2)12-5-7-13(8-6-12)14-11(3)9-15-4/h10-14H,5-9H2,1-4H3/t11-,12?,13?/m0/s1. The second kappa shape index (κ2) is 6.49. The minimum Gasteiger partial charge on any atom is -0.383 e. The summed E-state index contributed by atoms with van der Waals surface area (Å²) in [6.07, 6.45) is 5.48. The highest BCUT2D eigenvalue weighted by Gasteiger charge is 2.23. The van der Waals surface area contributed by atoms with E-state index in [9.17, 15) is 0 Å². The maximum Gasteiger partial charge on any atom is 0.0613 e. The smallest absolute Gasteiger partial charge is 0.0613 e. The van der Waals surface area contributed by atoms with E-state index in [-0.39, 0.29) is 0 Å². The highest BCUT2D eigenvalue weighted by atomic mass is 16.5. The summed E-state index contributed by atoms with van der Waals surface area (Å²) >= 11 is 0. The van der Waals surface area contributed by atoms with Crippen LogP contribution in [0.25, 0.3) is 0 Å². The van der Waals surface area contributed by atoms with E-state index in [1.165, 1.54) is 25.7 Å². The van der Waals surface area contributed by atoms with Crippen molar-refractivity contribution in [2.75, 3.05) is 13.7 Å². The fourth-order valence-electron chi connectivity index (χ4n) is 2.65. The molecule has 1 fully saturated rings. The van der Waals surface area contributed by atoms with E-state index in [1.54, 1.807) is 7.11 Å². The second-order valence-corrected chi connectivity index (χ2v) is 5.38. The molecule has 1 aliphatic carbocycles. The fourth-order valence-corrected chi connectivity index (χ4v) is 2.65. The summed E-state index contributed by atoms with van der Waals surface area (Å²) in [5, 5.41) is 3.65. The summed E-state index contributed by atoms with van der Waals surface area (Å²) in [6, 6.07) is 1.22. The summed E-state index contributed by atoms with van der Waals surface area (Å²) in [7, 11) is 1.77. The highest BCUT2D eigenvalue weighted by molar-refractivity contribution is 4.80. The molecule has 0 amide bonds. The van der Waals surface area contributed by atoms with E-state index in [2.05, 4.69) is 26.1 Å². The van der Waals surface area contributed by atoms with Gasteiger partial charge in [0.15, 0.2) is 0 Å². The van der Waals surface area contributed by atoms with E-state index in [4.69, 9.17) is 4.74 Å². The van der Waals surface area contributed by atoms with E-state index in [0.717, 1.165) is 24.5 Å². The lowest BCUT2D eigenvalue weighted by atomic mass is 9.79. The first-order valence-corrected chi connectivity index (χ1v) is 6.38. The van der Waals surface area contributed by atoms with Gasteiger partial charge in [-0.25, -0.2) is 0 Å². The van der Waals surface area contributed by atoms with E-state index >= 15 is 0 Å². The third kappa shape index (κ3) is 4.52. The van der Waals surface area contributed by atoms with Crippen LogP contribution in [-0.2, 0) is 4.74 Å². The van der Waals surface area contributed by atoms with Crippen molar-refractivity contribution in [1.82, 2.24) is 5.32 Å². The van der Waals surface area contributed by atoms with Gasteiger partial charge >= 0.3 is 0 Å². The lowest BCUT2D eigenvalue weighted by Gasteiger charge is -2.32. The Labute approximate surface area is 94.8 Å². The van der Waals surface area contributed by atoms with Crippen molar-refractivity contribution in [1.29, 1.82) is 0 Å². The monoisotopic (exact) mass is 213 g/mol. The average Bonchev–Trinajstić information content (AvgIpc) is 2.18. The Morgan fingerprint density at radius 3 is 2.20 bits per heavy atom. The summed E-state index contributed by atoms with van der Waals surface area (Å²) in [6.45, 7) is 7.74. The SMILES string of the molecule is COC[C@H](C)NC1CCC(C(C)C)CC1. The topological polar surface area (TPSA) is 21.3 Å². The summed E-state index contributed by atoms with van der Waals surface area (Å²) in [5.41, 5.74) is 0. The molecule has 0 aromatic heterocycles. The minimum absolute atomic E-state index is 0.496. The number of methoxy groups -OCH3 is 1. The molecule has 0 spiro atoms. The van der Waals surface area contributed by atoms with Gasteiger partial charge in [0.05, 0.1) is 6.61 Å². The van der Waals surface area contributed by atoms with Gasteiger partial charge in [-0.3, -0.25) is 0 Å². The molecule has 1 N–H and O–H groups in total. The molecule has 0 heterocycles. The van der Waals surface area contributed by atoms with Gasteiger partial charge in [0.25, 0.3) is 0 Å². The Hall–Kier alpha value is -0.0800. The first-order chi connectivity index (χ1) is 7.13. The van der Waals surface area contributed by atoms with Crippen LogP contribution in [0.3, 0.4) is 0 Å². The van der Waals surface area contributed by atoms with E-state index in [0.29, 0.717) is 6.04 Å². The van der Waals surface area contributed by atoms with E-state index in [1.807, 2.05) is 0 Å². The molecule has 0 saturated heterocycles. The zero-order valence-electron chi connectivity index (χ0n) is 10.8. The molecule has 2 heteroatoms. The quantitative estimate of drug-likeness (QED) is 0.758. The first-order valence-electron chi connectivity index (χ1n) is 6.38. The minimum atomic E-state index is 0.496. The van der Waals surface area contributed by atoms with Gasteiger partial charge in [0, 0.05) is 19.2 Å². The van der Waals surface area contributed by atoms with Gasteiger partial charge in [-0.2, -0.15) is 0 Å². The van der Waals surface area contributed by atoms with Crippen molar-refractivity contribution in [2.24, 2.45) is 11.8 Å². The number of rotatable bonds is 5. The van der Waals surface area contributed by atoms with Gasteiger partial charge < -0.3 is 10.1 Å². The lowest BCUT2D eigenvalue weighted by molar-refractivity contribution is 0.154. The van der Waals surface area contributed by atoms with Gasteiger partial charge in [-0.15, -0.1) is 0 Å². The number of ether oxygens (including phenoxy) is 1. The van der Waals surface area contributed by atoms with Gasteiger partial charge in [0.2, 0.25) is 0 Å². The molecule has 0 unspecified atom stereocenters. The summed E-state index contributed by atoms with van der Waals surface area (Å²) < 4.78 is 5.14. The molecule has 1 atom stereocenters. The van der Waals surface area contributed by atoms with Gasteiger partial charge in [0.1, 0.15) is 0 Å². The maximum absolute atomic E-state index is 5.14. The van der Waals surface area contributed by atoms with E-state index < -0.39 is 0 Å². The Kier molecular flexibility index (Phi) is 5.62. The Morgan fingerprint density at radius 1 is 1.13 bits per heavy atom. The molecule has 0 radical (unpaired) electrons. The second-order valence-electron chi connectivity index (χ2n) is 5.38. The maximum atomic E-state index is 5.14. The summed E-state index contributed by atoms with van der Waals surface area (Å²) in [4.78, 5) is 0. The Balaban J connectivity index is 2.19. The number of hydrogen-bond acceptors (Lipinski definition) is 2. The van der Waals surface area contributed by atoms with Crippen molar-refractivity contribution in [3.05, 3.63) is 0 Å². The normalized spacial score (nSPS) is 29.4. The van der Waals surface area contributed by atoms with Crippen LogP contribution >= 0.6 is 0 Å². The molecule has 2 nitrogen and oxygen atoms in total. The molecule has 90 valence electrons. The average molecular weight is 213 g/mol. The van der Waals surface area contributed by atoms with Crippen molar-refractivity contribution < 1.29 is 4.74 Å². The van der Waals surface area contributed by atoms with Crippen molar-refractivity contribution in [3.63, 3.8) is 0 Å². The molecule has 1 rings (SSSR count). The first kappa shape index (κ1) is 13.0. The van der Waals surface area contributed by atoms with Crippen LogP contribution in [0.1, 0.15) is 46.5 Å². The van der Waals surface area contributed by atoms with Crippen LogP contribution in [-0.4, -0.2) is 25.8 Å². The summed E-state index contributed by atoms with van der Waals surface area (Å²) in [5.74, 6) is 1.82. The highest BCUT2D eigenvalue weighted by Crippen LogP contribution is 2.29. The van der Waals surface area contributed by atoms with Crippen LogP contribution in [0.4, 0.5) is 0 Å².